The number of aromatic nitrogens is 3. The Morgan fingerprint density at radius 2 is 2.16 bits per heavy atom. The van der Waals surface area contributed by atoms with Crippen molar-refractivity contribution in [1.29, 1.82) is 0 Å². The maximum Gasteiger partial charge on any atom is 0.233 e. The lowest BCUT2D eigenvalue weighted by molar-refractivity contribution is 0.354. The predicted molar refractivity (Wildman–Crippen MR) is 72.9 cm³/mol. The molecule has 1 aliphatic rings. The van der Waals surface area contributed by atoms with Crippen LogP contribution in [-0.2, 0) is 0 Å². The van der Waals surface area contributed by atoms with E-state index in [2.05, 4.69) is 32.8 Å². The van der Waals surface area contributed by atoms with Crippen LogP contribution in [0.15, 0.2) is 9.80 Å². The molecular weight excluding hydrogens is 260 g/mol. The molecule has 0 aromatic carbocycles. The molecule has 2 aromatic heterocycles. The first-order valence-electron chi connectivity index (χ1n) is 6.61. The van der Waals surface area contributed by atoms with Crippen molar-refractivity contribution in [2.75, 3.05) is 0 Å². The molecule has 2 heterocycles. The van der Waals surface area contributed by atoms with Crippen molar-refractivity contribution in [3.05, 3.63) is 27.9 Å². The molecule has 0 aliphatic heterocycles. The summed E-state index contributed by atoms with van der Waals surface area (Å²) in [6.07, 6.45) is 2.54. The van der Waals surface area contributed by atoms with Gasteiger partial charge in [0, 0.05) is 18.0 Å². The van der Waals surface area contributed by atoms with E-state index in [1.54, 1.807) is 11.3 Å². The lowest BCUT2D eigenvalue weighted by Crippen LogP contribution is -2.26. The van der Waals surface area contributed by atoms with Gasteiger partial charge in [0.25, 0.3) is 0 Å². The van der Waals surface area contributed by atoms with E-state index in [1.165, 1.54) is 17.8 Å². The lowest BCUT2D eigenvalue weighted by atomic mass is 10.1. The van der Waals surface area contributed by atoms with Gasteiger partial charge in [-0.05, 0) is 32.6 Å². The van der Waals surface area contributed by atoms with E-state index in [0.717, 1.165) is 5.69 Å². The van der Waals surface area contributed by atoms with Gasteiger partial charge in [0.05, 0.1) is 12.1 Å². The molecule has 6 heteroatoms. The minimum absolute atomic E-state index is 0.0519. The summed E-state index contributed by atoms with van der Waals surface area (Å²) in [5.74, 6) is 1.95. The molecule has 19 heavy (non-hydrogen) atoms. The van der Waals surface area contributed by atoms with Crippen LogP contribution in [0.5, 0.6) is 0 Å². The molecule has 1 saturated carbocycles. The van der Waals surface area contributed by atoms with Gasteiger partial charge in [0.2, 0.25) is 11.8 Å². The quantitative estimate of drug-likeness (QED) is 0.911. The molecule has 0 unspecified atom stereocenters. The summed E-state index contributed by atoms with van der Waals surface area (Å²) in [7, 11) is 0. The number of thiazole rings is 1. The third-order valence-corrected chi connectivity index (χ3v) is 4.38. The molecule has 0 radical (unpaired) electrons. The zero-order valence-electron chi connectivity index (χ0n) is 11.4. The third-order valence-electron chi connectivity index (χ3n) is 3.34. The van der Waals surface area contributed by atoms with Gasteiger partial charge < -0.3 is 4.42 Å². The van der Waals surface area contributed by atoms with E-state index < -0.39 is 0 Å². The van der Waals surface area contributed by atoms with Gasteiger partial charge in [-0.1, -0.05) is 0 Å². The maximum absolute atomic E-state index is 5.49. The van der Waals surface area contributed by atoms with Crippen LogP contribution >= 0.6 is 11.3 Å². The standard InChI is InChI=1S/C13H18N4OS/c1-7-6-19-13(14-7)11(10-4-5-10)15-8(2)12-17-16-9(3)18-12/h6,8,10-11,15H,4-5H2,1-3H3/t8-,11-/m0/s1. The minimum atomic E-state index is 0.0519. The Morgan fingerprint density at radius 3 is 2.68 bits per heavy atom. The Bertz CT molecular complexity index is 560. The molecule has 5 nitrogen and oxygen atoms in total. The van der Waals surface area contributed by atoms with Crippen LogP contribution in [0, 0.1) is 19.8 Å². The Morgan fingerprint density at radius 1 is 1.37 bits per heavy atom. The molecule has 1 fully saturated rings. The largest absolute Gasteiger partial charge is 0.424 e. The number of rotatable bonds is 5. The van der Waals surface area contributed by atoms with Gasteiger partial charge in [-0.25, -0.2) is 4.98 Å². The zero-order valence-corrected chi connectivity index (χ0v) is 12.2. The maximum atomic E-state index is 5.49. The fraction of sp³-hybridized carbons (Fsp3) is 0.615. The van der Waals surface area contributed by atoms with Gasteiger partial charge in [-0.15, -0.1) is 21.5 Å². The molecule has 0 spiro atoms. The number of hydrogen-bond donors (Lipinski definition) is 1. The van der Waals surface area contributed by atoms with Crippen LogP contribution < -0.4 is 5.32 Å². The second-order valence-corrected chi connectivity index (χ2v) is 6.08. The Kier molecular flexibility index (Phi) is 3.36. The highest BCUT2D eigenvalue weighted by molar-refractivity contribution is 7.09. The van der Waals surface area contributed by atoms with E-state index in [1.807, 2.05) is 13.8 Å². The van der Waals surface area contributed by atoms with Crippen molar-refractivity contribution in [2.45, 2.75) is 45.7 Å². The minimum Gasteiger partial charge on any atom is -0.424 e. The molecule has 0 amide bonds. The molecule has 102 valence electrons. The van der Waals surface area contributed by atoms with Crippen molar-refractivity contribution < 1.29 is 4.42 Å². The van der Waals surface area contributed by atoms with Crippen LogP contribution in [0.2, 0.25) is 0 Å². The Hall–Kier alpha value is -1.27. The van der Waals surface area contributed by atoms with E-state index in [0.29, 0.717) is 23.7 Å². The first-order chi connectivity index (χ1) is 9.13. The Balaban J connectivity index is 1.75. The fourth-order valence-electron chi connectivity index (χ4n) is 2.18. The molecule has 0 saturated heterocycles. The molecule has 2 aromatic rings. The second kappa shape index (κ2) is 5.02. The van der Waals surface area contributed by atoms with Crippen molar-refractivity contribution in [1.82, 2.24) is 20.5 Å². The lowest BCUT2D eigenvalue weighted by Gasteiger charge is -2.19. The van der Waals surface area contributed by atoms with Gasteiger partial charge in [-0.3, -0.25) is 5.32 Å². The average Bonchev–Trinajstić information content (AvgIpc) is 2.98. The Labute approximate surface area is 116 Å². The van der Waals surface area contributed by atoms with E-state index in [-0.39, 0.29) is 6.04 Å². The monoisotopic (exact) mass is 278 g/mol. The van der Waals surface area contributed by atoms with Gasteiger partial charge >= 0.3 is 0 Å². The molecule has 2 atom stereocenters. The smallest absolute Gasteiger partial charge is 0.233 e. The van der Waals surface area contributed by atoms with Gasteiger partial charge in [-0.2, -0.15) is 0 Å². The molecule has 3 rings (SSSR count). The summed E-state index contributed by atoms with van der Waals surface area (Å²) in [6, 6.07) is 0.358. The van der Waals surface area contributed by atoms with Crippen molar-refractivity contribution >= 4 is 11.3 Å². The highest BCUT2D eigenvalue weighted by Crippen LogP contribution is 2.42. The fourth-order valence-corrected chi connectivity index (χ4v) is 3.13. The third kappa shape index (κ3) is 2.84. The van der Waals surface area contributed by atoms with Crippen LogP contribution in [0.4, 0.5) is 0 Å². The first-order valence-corrected chi connectivity index (χ1v) is 7.49. The summed E-state index contributed by atoms with van der Waals surface area (Å²) < 4.78 is 5.49. The number of hydrogen-bond acceptors (Lipinski definition) is 6. The average molecular weight is 278 g/mol. The number of nitrogens with one attached hydrogen (secondary N) is 1. The SMILES string of the molecule is Cc1csc([C@@H](N[C@@H](C)c2nnc(C)o2)C2CC2)n1. The number of aryl methyl sites for hydroxylation is 2. The number of nitrogens with zero attached hydrogens (tertiary/aromatic N) is 3. The normalized spacial score (nSPS) is 18.5. The summed E-state index contributed by atoms with van der Waals surface area (Å²) >= 11 is 1.73. The topological polar surface area (TPSA) is 63.8 Å². The zero-order chi connectivity index (χ0) is 13.4. The molecule has 1 N–H and O–H groups in total. The molecular formula is C13H18N4OS. The highest BCUT2D eigenvalue weighted by Gasteiger charge is 2.35. The summed E-state index contributed by atoms with van der Waals surface area (Å²) in [4.78, 5) is 4.61. The van der Waals surface area contributed by atoms with Crippen LogP contribution in [-0.4, -0.2) is 15.2 Å². The van der Waals surface area contributed by atoms with Crippen molar-refractivity contribution in [3.8, 4) is 0 Å². The van der Waals surface area contributed by atoms with Gasteiger partial charge in [0.1, 0.15) is 5.01 Å². The van der Waals surface area contributed by atoms with Crippen molar-refractivity contribution in [3.63, 3.8) is 0 Å². The summed E-state index contributed by atoms with van der Waals surface area (Å²) in [6.45, 7) is 5.91. The van der Waals surface area contributed by atoms with Crippen LogP contribution in [0.1, 0.15) is 54.3 Å². The highest BCUT2D eigenvalue weighted by atomic mass is 32.1. The second-order valence-electron chi connectivity index (χ2n) is 5.19. The predicted octanol–water partition coefficient (Wildman–Crippen LogP) is 2.94. The van der Waals surface area contributed by atoms with E-state index in [4.69, 9.17) is 4.42 Å². The summed E-state index contributed by atoms with van der Waals surface area (Å²) in [5, 5.41) is 14.8. The van der Waals surface area contributed by atoms with Gasteiger partial charge in [0.15, 0.2) is 0 Å². The van der Waals surface area contributed by atoms with E-state index in [9.17, 15) is 0 Å². The van der Waals surface area contributed by atoms with Crippen LogP contribution in [0.25, 0.3) is 0 Å². The summed E-state index contributed by atoms with van der Waals surface area (Å²) in [5.41, 5.74) is 1.09. The first kappa shape index (κ1) is 12.7. The van der Waals surface area contributed by atoms with Crippen LogP contribution in [0.3, 0.4) is 0 Å². The molecule has 0 bridgehead atoms. The van der Waals surface area contributed by atoms with Crippen molar-refractivity contribution in [2.24, 2.45) is 5.92 Å². The molecule has 1 aliphatic carbocycles. The van der Waals surface area contributed by atoms with E-state index >= 15 is 0 Å².